The third-order valence-corrected chi connectivity index (χ3v) is 4.94. The Morgan fingerprint density at radius 2 is 1.84 bits per heavy atom. The molecule has 2 atom stereocenters. The fourth-order valence-electron chi connectivity index (χ4n) is 3.50. The maximum absolute atomic E-state index is 11.8. The Morgan fingerprint density at radius 1 is 1.10 bits per heavy atom. The van der Waals surface area contributed by atoms with Crippen molar-refractivity contribution in [2.75, 3.05) is 24.9 Å². The summed E-state index contributed by atoms with van der Waals surface area (Å²) in [5, 5.41) is 25.8. The van der Waals surface area contributed by atoms with Gasteiger partial charge in [-0.25, -0.2) is 4.79 Å². The lowest BCUT2D eigenvalue weighted by atomic mass is 9.90. The number of carbonyl (C=O) groups excluding carboxylic acids is 1. The molecule has 3 rings (SSSR count). The molecule has 2 aromatic heterocycles. The summed E-state index contributed by atoms with van der Waals surface area (Å²) in [4.78, 5) is 27.2. The van der Waals surface area contributed by atoms with Crippen LogP contribution in [0.1, 0.15) is 36.2 Å². The van der Waals surface area contributed by atoms with Crippen LogP contribution in [0.3, 0.4) is 0 Å². The van der Waals surface area contributed by atoms with Gasteiger partial charge in [-0.3, -0.25) is 4.79 Å². The molecule has 0 aliphatic heterocycles. The molecule has 0 saturated heterocycles. The number of nitrogens with zero attached hydrogens (tertiary/aromatic N) is 3. The average molecular weight is 431 g/mol. The molecule has 1 aliphatic carbocycles. The van der Waals surface area contributed by atoms with Crippen LogP contribution in [0.4, 0.5) is 22.1 Å². The summed E-state index contributed by atoms with van der Waals surface area (Å²) in [5.41, 5.74) is 5.67. The van der Waals surface area contributed by atoms with Gasteiger partial charge < -0.3 is 36.3 Å². The molecule has 31 heavy (non-hydrogen) atoms. The van der Waals surface area contributed by atoms with Gasteiger partial charge in [-0.05, 0) is 25.0 Å². The van der Waals surface area contributed by atoms with Gasteiger partial charge in [0.2, 0.25) is 0 Å². The molecule has 12 nitrogen and oxygen atoms in total. The standard InChI is InChI=1S/C19H25N7O5/c1-30-13-7-8-14(24-18(13)31-2)22-12-9-15(25-26-16(12)17(20)27)21-10-5-3-4-6-11(10)23-19(28)29/h7-11,23H,3-6H2,1-2H3,(H2,20,27)(H,28,29)(H2,21,22,24,25)/t10-,11+/m1/s1. The molecule has 166 valence electrons. The number of hydrogen-bond donors (Lipinski definition) is 5. The van der Waals surface area contributed by atoms with Gasteiger partial charge in [0.15, 0.2) is 17.3 Å². The van der Waals surface area contributed by atoms with Gasteiger partial charge >= 0.3 is 6.09 Å². The van der Waals surface area contributed by atoms with Crippen molar-refractivity contribution in [3.63, 3.8) is 0 Å². The molecular formula is C19H25N7O5. The van der Waals surface area contributed by atoms with Crippen molar-refractivity contribution in [3.8, 4) is 11.6 Å². The van der Waals surface area contributed by atoms with E-state index in [1.165, 1.54) is 14.2 Å². The van der Waals surface area contributed by atoms with Crippen LogP contribution in [0.15, 0.2) is 18.2 Å². The molecule has 0 bridgehead atoms. The maximum Gasteiger partial charge on any atom is 0.404 e. The lowest BCUT2D eigenvalue weighted by Crippen LogP contribution is -2.48. The molecule has 2 amide bonds. The summed E-state index contributed by atoms with van der Waals surface area (Å²) in [5.74, 6) is 0.704. The molecule has 0 unspecified atom stereocenters. The SMILES string of the molecule is COc1ccc(Nc2cc(N[C@@H]3CCCC[C@@H]3NC(=O)O)nnc2C(N)=O)nc1OC. The highest BCUT2D eigenvalue weighted by molar-refractivity contribution is 5.97. The number of rotatable bonds is 8. The third kappa shape index (κ3) is 5.41. The summed E-state index contributed by atoms with van der Waals surface area (Å²) in [6.07, 6.45) is 2.31. The van der Waals surface area contributed by atoms with E-state index < -0.39 is 12.0 Å². The van der Waals surface area contributed by atoms with Crippen molar-refractivity contribution < 1.29 is 24.2 Å². The minimum atomic E-state index is -1.07. The average Bonchev–Trinajstić information content (AvgIpc) is 2.74. The molecule has 0 spiro atoms. The van der Waals surface area contributed by atoms with Crippen LogP contribution in [-0.2, 0) is 0 Å². The summed E-state index contributed by atoms with van der Waals surface area (Å²) < 4.78 is 10.4. The summed E-state index contributed by atoms with van der Waals surface area (Å²) in [7, 11) is 2.96. The van der Waals surface area contributed by atoms with E-state index in [1.54, 1.807) is 18.2 Å². The molecular weight excluding hydrogens is 406 g/mol. The lowest BCUT2D eigenvalue weighted by Gasteiger charge is -2.32. The smallest absolute Gasteiger partial charge is 0.404 e. The van der Waals surface area contributed by atoms with Gasteiger partial charge in [0.1, 0.15) is 5.82 Å². The van der Waals surface area contributed by atoms with Crippen LogP contribution < -0.4 is 31.2 Å². The number of aromatic nitrogens is 3. The minimum absolute atomic E-state index is 0.0639. The second-order valence-corrected chi connectivity index (χ2v) is 6.98. The molecule has 1 fully saturated rings. The highest BCUT2D eigenvalue weighted by Gasteiger charge is 2.27. The predicted molar refractivity (Wildman–Crippen MR) is 112 cm³/mol. The van der Waals surface area contributed by atoms with Gasteiger partial charge in [-0.2, -0.15) is 4.98 Å². The number of carbonyl (C=O) groups is 2. The van der Waals surface area contributed by atoms with Crippen LogP contribution in [0.25, 0.3) is 0 Å². The highest BCUT2D eigenvalue weighted by atomic mass is 16.5. The topological polar surface area (TPSA) is 174 Å². The van der Waals surface area contributed by atoms with E-state index >= 15 is 0 Å². The number of amides is 2. The van der Waals surface area contributed by atoms with E-state index in [9.17, 15) is 9.59 Å². The van der Waals surface area contributed by atoms with E-state index in [0.717, 1.165) is 25.7 Å². The number of anilines is 3. The quantitative estimate of drug-likeness (QED) is 0.414. The van der Waals surface area contributed by atoms with Crippen molar-refractivity contribution in [2.24, 2.45) is 5.73 Å². The highest BCUT2D eigenvalue weighted by Crippen LogP contribution is 2.29. The van der Waals surface area contributed by atoms with E-state index in [4.69, 9.17) is 20.3 Å². The van der Waals surface area contributed by atoms with Crippen LogP contribution >= 0.6 is 0 Å². The molecule has 12 heteroatoms. The van der Waals surface area contributed by atoms with E-state index in [-0.39, 0.29) is 23.7 Å². The first-order chi connectivity index (χ1) is 14.9. The number of nitrogens with one attached hydrogen (secondary N) is 3. The molecule has 1 saturated carbocycles. The normalized spacial score (nSPS) is 18.0. The Labute approximate surface area is 178 Å². The number of methoxy groups -OCH3 is 2. The molecule has 0 aromatic carbocycles. The predicted octanol–water partition coefficient (Wildman–Crippen LogP) is 1.72. The van der Waals surface area contributed by atoms with Gasteiger partial charge in [-0.15, -0.1) is 10.2 Å². The molecule has 0 radical (unpaired) electrons. The zero-order valence-corrected chi connectivity index (χ0v) is 17.2. The number of primary amides is 1. The zero-order valence-electron chi connectivity index (χ0n) is 17.2. The fraction of sp³-hybridized carbons (Fsp3) is 0.421. The van der Waals surface area contributed by atoms with Gasteiger partial charge in [0.05, 0.1) is 25.9 Å². The van der Waals surface area contributed by atoms with E-state index in [0.29, 0.717) is 23.1 Å². The Kier molecular flexibility index (Phi) is 6.90. The molecule has 2 aromatic rings. The zero-order chi connectivity index (χ0) is 22.4. The van der Waals surface area contributed by atoms with Crippen LogP contribution in [0.2, 0.25) is 0 Å². The van der Waals surface area contributed by atoms with Crippen molar-refractivity contribution in [1.82, 2.24) is 20.5 Å². The Hall–Kier alpha value is -3.83. The molecule has 1 aliphatic rings. The monoisotopic (exact) mass is 431 g/mol. The maximum atomic E-state index is 11.8. The second-order valence-electron chi connectivity index (χ2n) is 6.98. The third-order valence-electron chi connectivity index (χ3n) is 4.94. The second kappa shape index (κ2) is 9.78. The van der Waals surface area contributed by atoms with Crippen molar-refractivity contribution in [3.05, 3.63) is 23.9 Å². The van der Waals surface area contributed by atoms with Crippen molar-refractivity contribution in [1.29, 1.82) is 0 Å². The fourth-order valence-corrected chi connectivity index (χ4v) is 3.50. The number of hydrogen-bond acceptors (Lipinski definition) is 9. The first-order valence-electron chi connectivity index (χ1n) is 9.70. The van der Waals surface area contributed by atoms with Gasteiger partial charge in [0.25, 0.3) is 11.8 Å². The minimum Gasteiger partial charge on any atom is -0.491 e. The number of nitrogens with two attached hydrogens (primary N) is 1. The largest absolute Gasteiger partial charge is 0.491 e. The van der Waals surface area contributed by atoms with Crippen LogP contribution in [0, 0.1) is 0 Å². The van der Waals surface area contributed by atoms with E-state index in [1.807, 2.05) is 0 Å². The first-order valence-corrected chi connectivity index (χ1v) is 9.70. The number of ether oxygens (including phenoxy) is 2. The summed E-state index contributed by atoms with van der Waals surface area (Å²) in [6.45, 7) is 0. The Morgan fingerprint density at radius 3 is 2.48 bits per heavy atom. The molecule has 2 heterocycles. The number of pyridine rings is 1. The van der Waals surface area contributed by atoms with Crippen LogP contribution in [-0.4, -0.2) is 58.6 Å². The summed E-state index contributed by atoms with van der Waals surface area (Å²) >= 11 is 0. The van der Waals surface area contributed by atoms with Crippen LogP contribution in [0.5, 0.6) is 11.6 Å². The first kappa shape index (κ1) is 21.9. The van der Waals surface area contributed by atoms with Crippen molar-refractivity contribution in [2.45, 2.75) is 37.8 Å². The lowest BCUT2D eigenvalue weighted by molar-refractivity contribution is 0.0995. The summed E-state index contributed by atoms with van der Waals surface area (Å²) in [6, 6.07) is 4.47. The number of carboxylic acid groups (broad SMARTS) is 1. The van der Waals surface area contributed by atoms with E-state index in [2.05, 4.69) is 31.1 Å². The van der Waals surface area contributed by atoms with Gasteiger partial charge in [0, 0.05) is 12.1 Å². The van der Waals surface area contributed by atoms with Crippen molar-refractivity contribution >= 4 is 29.3 Å². The Bertz CT molecular complexity index is 955. The Balaban J connectivity index is 1.85. The molecule has 6 N–H and O–H groups in total. The van der Waals surface area contributed by atoms with Gasteiger partial charge in [-0.1, -0.05) is 12.8 Å².